The molecule has 0 aliphatic heterocycles. The zero-order valence-electron chi connectivity index (χ0n) is 12.4. The molecule has 0 bridgehead atoms. The van der Waals surface area contributed by atoms with Crippen molar-refractivity contribution in [1.29, 1.82) is 0 Å². The van der Waals surface area contributed by atoms with E-state index < -0.39 is 17.6 Å². The number of nitrogens with zero attached hydrogens (tertiary/aromatic N) is 2. The summed E-state index contributed by atoms with van der Waals surface area (Å²) in [5.41, 5.74) is 1.13. The van der Waals surface area contributed by atoms with Gasteiger partial charge in [-0.05, 0) is 24.3 Å². The number of hydrazone groups is 1. The van der Waals surface area contributed by atoms with Crippen LogP contribution in [-0.2, 0) is 6.18 Å². The Morgan fingerprint density at radius 1 is 1.26 bits per heavy atom. The van der Waals surface area contributed by atoms with Crippen LogP contribution >= 0.6 is 0 Å². The maximum Gasteiger partial charge on any atom is 0.416 e. The molecular formula is C15H14F3N3O2. The Balaban J connectivity index is 2.03. The van der Waals surface area contributed by atoms with E-state index in [0.29, 0.717) is 11.6 Å². The van der Waals surface area contributed by atoms with Gasteiger partial charge < -0.3 is 9.32 Å². The van der Waals surface area contributed by atoms with Crippen LogP contribution in [0.1, 0.15) is 21.7 Å². The summed E-state index contributed by atoms with van der Waals surface area (Å²) in [5, 5.41) is 3.66. The number of alkyl halides is 3. The molecule has 0 saturated carbocycles. The van der Waals surface area contributed by atoms with E-state index in [-0.39, 0.29) is 5.56 Å². The van der Waals surface area contributed by atoms with Crippen LogP contribution in [0.15, 0.2) is 45.9 Å². The molecule has 0 spiro atoms. The molecule has 1 amide bonds. The highest BCUT2D eigenvalue weighted by Crippen LogP contribution is 2.29. The van der Waals surface area contributed by atoms with Crippen LogP contribution in [-0.4, -0.2) is 26.2 Å². The zero-order valence-corrected chi connectivity index (χ0v) is 12.4. The van der Waals surface area contributed by atoms with Crippen LogP contribution in [0.4, 0.5) is 19.1 Å². The molecule has 1 aromatic carbocycles. The van der Waals surface area contributed by atoms with Crippen molar-refractivity contribution in [2.45, 2.75) is 6.18 Å². The second-order valence-electron chi connectivity index (χ2n) is 4.85. The van der Waals surface area contributed by atoms with Crippen LogP contribution in [0, 0.1) is 0 Å². The van der Waals surface area contributed by atoms with E-state index in [1.165, 1.54) is 12.3 Å². The maximum absolute atomic E-state index is 12.6. The first kappa shape index (κ1) is 16.6. The second-order valence-corrected chi connectivity index (χ2v) is 4.85. The average molecular weight is 325 g/mol. The zero-order chi connectivity index (χ0) is 17.0. The van der Waals surface area contributed by atoms with Crippen molar-refractivity contribution < 1.29 is 22.4 Å². The van der Waals surface area contributed by atoms with Gasteiger partial charge in [0.05, 0.1) is 11.8 Å². The van der Waals surface area contributed by atoms with E-state index >= 15 is 0 Å². The van der Waals surface area contributed by atoms with Gasteiger partial charge in [-0.1, -0.05) is 6.07 Å². The van der Waals surface area contributed by atoms with Crippen molar-refractivity contribution in [2.75, 3.05) is 19.0 Å². The molecule has 0 aliphatic rings. The molecule has 1 N–H and O–H groups in total. The lowest BCUT2D eigenvalue weighted by molar-refractivity contribution is -0.137. The van der Waals surface area contributed by atoms with Gasteiger partial charge >= 0.3 is 6.18 Å². The molecule has 0 aliphatic carbocycles. The van der Waals surface area contributed by atoms with Crippen molar-refractivity contribution in [3.63, 3.8) is 0 Å². The van der Waals surface area contributed by atoms with Crippen molar-refractivity contribution in [1.82, 2.24) is 5.43 Å². The molecule has 0 saturated heterocycles. The van der Waals surface area contributed by atoms with Gasteiger partial charge in [-0.2, -0.15) is 18.3 Å². The van der Waals surface area contributed by atoms with E-state index in [1.54, 1.807) is 31.1 Å². The highest BCUT2D eigenvalue weighted by Gasteiger charge is 2.30. The Kier molecular flexibility index (Phi) is 4.73. The van der Waals surface area contributed by atoms with Gasteiger partial charge in [0.2, 0.25) is 0 Å². The predicted octanol–water partition coefficient (Wildman–Crippen LogP) is 3.13. The van der Waals surface area contributed by atoms with Gasteiger partial charge in [-0.3, -0.25) is 4.79 Å². The molecule has 8 heteroatoms. The van der Waals surface area contributed by atoms with Crippen LogP contribution < -0.4 is 10.3 Å². The number of rotatable bonds is 4. The van der Waals surface area contributed by atoms with Gasteiger partial charge in [0.25, 0.3) is 5.91 Å². The SMILES string of the molecule is CN(C)c1ccc(/C=N\NC(=O)c2cccc(C(F)(F)F)c2)o1. The summed E-state index contributed by atoms with van der Waals surface area (Å²) in [4.78, 5) is 13.5. The topological polar surface area (TPSA) is 57.8 Å². The van der Waals surface area contributed by atoms with E-state index in [2.05, 4.69) is 10.5 Å². The lowest BCUT2D eigenvalue weighted by atomic mass is 10.1. The number of anilines is 1. The molecule has 0 atom stereocenters. The largest absolute Gasteiger partial charge is 0.440 e. The standard InChI is InChI=1S/C15H14F3N3O2/c1-21(2)13-7-6-12(23-13)9-19-20-14(22)10-4-3-5-11(8-10)15(16,17)18/h3-9H,1-2H3,(H,20,22)/b19-9-. The highest BCUT2D eigenvalue weighted by molar-refractivity contribution is 5.94. The number of benzene rings is 1. The Morgan fingerprint density at radius 3 is 2.61 bits per heavy atom. The van der Waals surface area contributed by atoms with E-state index in [1.807, 2.05) is 0 Å². The third-order valence-corrected chi connectivity index (χ3v) is 2.86. The first-order valence-electron chi connectivity index (χ1n) is 6.55. The Labute approximate surface area is 130 Å². The first-order valence-corrected chi connectivity index (χ1v) is 6.55. The number of hydrogen-bond donors (Lipinski definition) is 1. The number of nitrogens with one attached hydrogen (secondary N) is 1. The van der Waals surface area contributed by atoms with Gasteiger partial charge in [0.15, 0.2) is 5.88 Å². The van der Waals surface area contributed by atoms with Crippen LogP contribution in [0.2, 0.25) is 0 Å². The molecule has 23 heavy (non-hydrogen) atoms. The maximum atomic E-state index is 12.6. The fourth-order valence-electron chi connectivity index (χ4n) is 1.71. The van der Waals surface area contributed by atoms with Crippen LogP contribution in [0.3, 0.4) is 0 Å². The summed E-state index contributed by atoms with van der Waals surface area (Å²) in [6.45, 7) is 0. The Hall–Kier alpha value is -2.77. The summed E-state index contributed by atoms with van der Waals surface area (Å²) in [7, 11) is 3.60. The van der Waals surface area contributed by atoms with E-state index in [9.17, 15) is 18.0 Å². The minimum Gasteiger partial charge on any atom is -0.440 e. The lowest BCUT2D eigenvalue weighted by Gasteiger charge is -2.07. The summed E-state index contributed by atoms with van der Waals surface area (Å²) in [6, 6.07) is 7.47. The average Bonchev–Trinajstić information content (AvgIpc) is 2.95. The minimum atomic E-state index is -4.50. The molecule has 0 unspecified atom stereocenters. The number of amides is 1. The number of hydrogen-bond acceptors (Lipinski definition) is 4. The number of carbonyl (C=O) groups excluding carboxylic acids is 1. The fourth-order valence-corrected chi connectivity index (χ4v) is 1.71. The quantitative estimate of drug-likeness (QED) is 0.694. The van der Waals surface area contributed by atoms with Crippen LogP contribution in [0.25, 0.3) is 0 Å². The van der Waals surface area contributed by atoms with E-state index in [0.717, 1.165) is 18.2 Å². The number of carbonyl (C=O) groups is 1. The van der Waals surface area contributed by atoms with E-state index in [4.69, 9.17) is 4.42 Å². The third-order valence-electron chi connectivity index (χ3n) is 2.86. The summed E-state index contributed by atoms with van der Waals surface area (Å²) < 4.78 is 43.2. The summed E-state index contributed by atoms with van der Waals surface area (Å²) >= 11 is 0. The van der Waals surface area contributed by atoms with Gasteiger partial charge in [0.1, 0.15) is 5.76 Å². The predicted molar refractivity (Wildman–Crippen MR) is 79.5 cm³/mol. The molecule has 1 aromatic heterocycles. The van der Waals surface area contributed by atoms with Crippen molar-refractivity contribution in [2.24, 2.45) is 5.10 Å². The molecule has 0 fully saturated rings. The van der Waals surface area contributed by atoms with Crippen molar-refractivity contribution in [3.8, 4) is 0 Å². The highest BCUT2D eigenvalue weighted by atomic mass is 19.4. The van der Waals surface area contributed by atoms with Gasteiger partial charge in [0, 0.05) is 25.7 Å². The Morgan fingerprint density at radius 2 is 2.00 bits per heavy atom. The molecule has 122 valence electrons. The van der Waals surface area contributed by atoms with Gasteiger partial charge in [-0.15, -0.1) is 0 Å². The second kappa shape index (κ2) is 6.55. The summed E-state index contributed by atoms with van der Waals surface area (Å²) in [6.07, 6.45) is -3.24. The smallest absolute Gasteiger partial charge is 0.416 e. The fraction of sp³-hybridized carbons (Fsp3) is 0.200. The molecule has 0 radical (unpaired) electrons. The summed E-state index contributed by atoms with van der Waals surface area (Å²) in [5.74, 6) is 0.264. The molecular weight excluding hydrogens is 311 g/mol. The van der Waals surface area contributed by atoms with Crippen LogP contribution in [0.5, 0.6) is 0 Å². The number of furan rings is 1. The first-order chi connectivity index (χ1) is 10.8. The minimum absolute atomic E-state index is 0.134. The molecule has 5 nitrogen and oxygen atoms in total. The van der Waals surface area contributed by atoms with Gasteiger partial charge in [-0.25, -0.2) is 5.43 Å². The molecule has 2 rings (SSSR count). The Bertz CT molecular complexity index is 721. The molecule has 2 aromatic rings. The molecule has 1 heterocycles. The van der Waals surface area contributed by atoms with Crippen molar-refractivity contribution in [3.05, 3.63) is 53.3 Å². The monoisotopic (exact) mass is 325 g/mol. The third kappa shape index (κ3) is 4.35. The number of halogens is 3. The lowest BCUT2D eigenvalue weighted by Crippen LogP contribution is -2.18. The van der Waals surface area contributed by atoms with Crippen molar-refractivity contribution >= 4 is 18.0 Å². The normalized spacial score (nSPS) is 11.7.